The number of fused-ring (bicyclic) bond motifs is 2. The zero-order valence-electron chi connectivity index (χ0n) is 19.2. The molecule has 10 nitrogen and oxygen atoms in total. The fraction of sp³-hybridized carbons (Fsp3) is 0.478. The number of carbonyl (C=O) groups excluding carboxylic acids is 1. The Morgan fingerprint density at radius 2 is 2.14 bits per heavy atom. The highest BCUT2D eigenvalue weighted by Crippen LogP contribution is 2.35. The first-order chi connectivity index (χ1) is 16.8. The van der Waals surface area contributed by atoms with Crippen molar-refractivity contribution in [2.75, 3.05) is 36.9 Å². The van der Waals surface area contributed by atoms with Gasteiger partial charge in [-0.25, -0.2) is 19.3 Å². The van der Waals surface area contributed by atoms with Crippen LogP contribution in [0.15, 0.2) is 12.3 Å². The predicted molar refractivity (Wildman–Crippen MR) is 129 cm³/mol. The molecule has 1 amide bonds. The normalized spacial score (nSPS) is 23.2. The number of nitrogen functional groups attached to an aromatic ring is 1. The van der Waals surface area contributed by atoms with E-state index in [2.05, 4.69) is 15.3 Å². The third-order valence-corrected chi connectivity index (χ3v) is 8.00. The number of anilines is 2. The van der Waals surface area contributed by atoms with E-state index in [1.165, 1.54) is 17.4 Å². The molecule has 2 saturated heterocycles. The molecule has 184 valence electrons. The zero-order valence-corrected chi connectivity index (χ0v) is 20.0. The lowest BCUT2D eigenvalue weighted by atomic mass is 9.91. The maximum absolute atomic E-state index is 15.2. The second-order valence-corrected chi connectivity index (χ2v) is 10.3. The molecule has 3 aliphatic rings. The minimum absolute atomic E-state index is 0.229. The lowest BCUT2D eigenvalue weighted by Crippen LogP contribution is -2.47. The highest BCUT2D eigenvalue weighted by Gasteiger charge is 2.50. The van der Waals surface area contributed by atoms with Gasteiger partial charge in [0.15, 0.2) is 0 Å². The van der Waals surface area contributed by atoms with Gasteiger partial charge in [-0.05, 0) is 26.2 Å². The quantitative estimate of drug-likeness (QED) is 0.486. The van der Waals surface area contributed by atoms with Crippen LogP contribution in [0.5, 0.6) is 0 Å². The Balaban J connectivity index is 1.18. The van der Waals surface area contributed by atoms with Gasteiger partial charge in [-0.2, -0.15) is 0 Å². The monoisotopic (exact) mass is 499 g/mol. The van der Waals surface area contributed by atoms with E-state index in [4.69, 9.17) is 25.9 Å². The van der Waals surface area contributed by atoms with Gasteiger partial charge in [0.1, 0.15) is 26.9 Å². The van der Waals surface area contributed by atoms with Crippen molar-refractivity contribution >= 4 is 39.1 Å². The van der Waals surface area contributed by atoms with E-state index in [-0.39, 0.29) is 23.8 Å². The van der Waals surface area contributed by atoms with Crippen LogP contribution in [-0.2, 0) is 22.3 Å². The molecule has 1 spiro atoms. The number of nitrogens with one attached hydrogen (secondary N) is 1. The summed E-state index contributed by atoms with van der Waals surface area (Å²) in [4.78, 5) is 29.3. The molecule has 2 fully saturated rings. The summed E-state index contributed by atoms with van der Waals surface area (Å²) in [5.41, 5.74) is 15.3. The van der Waals surface area contributed by atoms with E-state index < -0.39 is 5.79 Å². The van der Waals surface area contributed by atoms with Crippen LogP contribution >= 0.6 is 11.3 Å². The van der Waals surface area contributed by atoms with Crippen LogP contribution in [0.4, 0.5) is 15.9 Å². The number of aryl methyl sites for hydroxylation is 2. The van der Waals surface area contributed by atoms with Crippen LogP contribution in [0.3, 0.4) is 0 Å². The summed E-state index contributed by atoms with van der Waals surface area (Å²) in [6.07, 6.45) is 3.17. The first-order valence-corrected chi connectivity index (χ1v) is 12.4. The summed E-state index contributed by atoms with van der Waals surface area (Å²) in [7, 11) is 0. The SMILES string of the molecule is Cc1cnc2c(N)c(C(=O)NC3CCc4nc(N5CC(N)C6(C5)OCCO6)cc(F)c4C3)sc2n1. The standard InChI is InChI=1S/C23H26FN7O3S/c1-11-8-27-19-18(26)20(35-22(19)28-11)21(32)29-12-2-3-15-13(6-12)14(24)7-17(30-15)31-9-16(25)23(10-31)33-4-5-34-23/h7-8,12,16H,2-6,9-10,25-26H2,1H3,(H,29,32). The number of rotatable bonds is 3. The van der Waals surface area contributed by atoms with Crippen LogP contribution in [-0.4, -0.2) is 65.0 Å². The van der Waals surface area contributed by atoms with Gasteiger partial charge in [-0.1, -0.05) is 0 Å². The van der Waals surface area contributed by atoms with Gasteiger partial charge in [-0.15, -0.1) is 11.3 Å². The number of amides is 1. The number of thiophene rings is 1. The maximum atomic E-state index is 15.2. The van der Waals surface area contributed by atoms with Crippen LogP contribution in [0, 0.1) is 12.7 Å². The van der Waals surface area contributed by atoms with Crippen LogP contribution in [0.1, 0.15) is 33.0 Å². The van der Waals surface area contributed by atoms with E-state index in [9.17, 15) is 4.79 Å². The Morgan fingerprint density at radius 3 is 2.94 bits per heavy atom. The van der Waals surface area contributed by atoms with Gasteiger partial charge in [0, 0.05) is 36.1 Å². The molecule has 5 heterocycles. The second kappa shape index (κ2) is 8.33. The average Bonchev–Trinajstić information content (AvgIpc) is 3.53. The molecule has 1 aliphatic carbocycles. The van der Waals surface area contributed by atoms with Crippen molar-refractivity contribution in [1.29, 1.82) is 0 Å². The largest absolute Gasteiger partial charge is 0.396 e. The van der Waals surface area contributed by atoms with Crippen LogP contribution < -0.4 is 21.7 Å². The number of carbonyl (C=O) groups is 1. The van der Waals surface area contributed by atoms with E-state index in [0.717, 1.165) is 5.69 Å². The summed E-state index contributed by atoms with van der Waals surface area (Å²) >= 11 is 1.21. The maximum Gasteiger partial charge on any atom is 0.263 e. The number of pyridine rings is 1. The Labute approximate surface area is 204 Å². The Kier molecular flexibility index (Phi) is 5.36. The number of hydrogen-bond acceptors (Lipinski definition) is 10. The topological polar surface area (TPSA) is 142 Å². The average molecular weight is 500 g/mol. The summed E-state index contributed by atoms with van der Waals surface area (Å²) < 4.78 is 26.7. The third-order valence-electron chi connectivity index (χ3n) is 6.92. The van der Waals surface area contributed by atoms with Gasteiger partial charge < -0.3 is 31.2 Å². The molecule has 3 aromatic heterocycles. The molecule has 0 radical (unpaired) electrons. The van der Waals surface area contributed by atoms with Crippen molar-refractivity contribution in [3.63, 3.8) is 0 Å². The number of aromatic nitrogens is 3. The van der Waals surface area contributed by atoms with E-state index in [0.29, 0.717) is 83.6 Å². The zero-order chi connectivity index (χ0) is 24.3. The molecule has 6 rings (SSSR count). The fourth-order valence-electron chi connectivity index (χ4n) is 5.11. The van der Waals surface area contributed by atoms with Gasteiger partial charge in [0.25, 0.3) is 5.91 Å². The number of hydrogen-bond donors (Lipinski definition) is 3. The number of ether oxygens (including phenoxy) is 2. The molecule has 2 unspecified atom stereocenters. The van der Waals surface area contributed by atoms with E-state index in [1.807, 2.05) is 11.8 Å². The van der Waals surface area contributed by atoms with Crippen molar-refractivity contribution < 1.29 is 18.7 Å². The van der Waals surface area contributed by atoms with Crippen LogP contribution in [0.2, 0.25) is 0 Å². The molecule has 3 aromatic rings. The highest BCUT2D eigenvalue weighted by atomic mass is 32.1. The van der Waals surface area contributed by atoms with Crippen molar-refractivity contribution in [3.05, 3.63) is 39.9 Å². The van der Waals surface area contributed by atoms with Gasteiger partial charge in [0.05, 0.1) is 37.2 Å². The Hall–Kier alpha value is -2.93. The molecule has 0 bridgehead atoms. The summed E-state index contributed by atoms with van der Waals surface area (Å²) in [5.74, 6) is -0.946. The Bertz CT molecular complexity index is 1330. The van der Waals surface area contributed by atoms with Crippen molar-refractivity contribution in [1.82, 2.24) is 20.3 Å². The van der Waals surface area contributed by atoms with Crippen LogP contribution in [0.25, 0.3) is 10.3 Å². The lowest BCUT2D eigenvalue weighted by molar-refractivity contribution is -0.147. The second-order valence-electron chi connectivity index (χ2n) is 9.31. The first-order valence-electron chi connectivity index (χ1n) is 11.6. The minimum atomic E-state index is -0.846. The first kappa shape index (κ1) is 22.5. The van der Waals surface area contributed by atoms with Gasteiger partial charge in [-0.3, -0.25) is 4.79 Å². The molecular formula is C23H26FN7O3S. The van der Waals surface area contributed by atoms with E-state index >= 15 is 4.39 Å². The molecule has 5 N–H and O–H groups in total. The predicted octanol–water partition coefficient (Wildman–Crippen LogP) is 1.29. The molecule has 35 heavy (non-hydrogen) atoms. The number of halogens is 1. The van der Waals surface area contributed by atoms with Crippen molar-refractivity contribution in [2.24, 2.45) is 5.73 Å². The number of nitrogens with two attached hydrogens (primary N) is 2. The highest BCUT2D eigenvalue weighted by molar-refractivity contribution is 7.21. The van der Waals surface area contributed by atoms with E-state index in [1.54, 1.807) is 6.20 Å². The minimum Gasteiger partial charge on any atom is -0.396 e. The lowest BCUT2D eigenvalue weighted by Gasteiger charge is -2.27. The van der Waals surface area contributed by atoms with Crippen molar-refractivity contribution in [3.8, 4) is 0 Å². The van der Waals surface area contributed by atoms with Gasteiger partial charge >= 0.3 is 0 Å². The summed E-state index contributed by atoms with van der Waals surface area (Å²) in [6, 6.07) is 0.877. The van der Waals surface area contributed by atoms with Crippen molar-refractivity contribution in [2.45, 2.75) is 44.1 Å². The summed E-state index contributed by atoms with van der Waals surface area (Å²) in [5, 5.41) is 3.01. The molecule has 0 aromatic carbocycles. The molecule has 2 aliphatic heterocycles. The fourth-order valence-corrected chi connectivity index (χ4v) is 6.11. The van der Waals surface area contributed by atoms with Gasteiger partial charge in [0.2, 0.25) is 5.79 Å². The summed E-state index contributed by atoms with van der Waals surface area (Å²) in [6.45, 7) is 3.73. The smallest absolute Gasteiger partial charge is 0.263 e. The molecular weight excluding hydrogens is 473 g/mol. The molecule has 12 heteroatoms. The molecule has 2 atom stereocenters. The molecule has 0 saturated carbocycles. The number of nitrogens with zero attached hydrogens (tertiary/aromatic N) is 4. The third kappa shape index (κ3) is 3.80. The Morgan fingerprint density at radius 1 is 1.34 bits per heavy atom.